The van der Waals surface area contributed by atoms with Crippen LogP contribution in [0.25, 0.3) is 0 Å². The van der Waals surface area contributed by atoms with E-state index < -0.39 is 0 Å². The molecule has 0 aromatic rings. The second kappa shape index (κ2) is 6.63. The summed E-state index contributed by atoms with van der Waals surface area (Å²) in [6, 6.07) is 0. The number of Topliss-reactive ketones (excluding diaryl/α,β-unsaturated/α-hetero) is 1. The lowest BCUT2D eigenvalue weighted by atomic mass is 9.29. The average molecular weight is 427 g/mol. The smallest absolute Gasteiger partial charge is 0.136 e. The van der Waals surface area contributed by atoms with E-state index >= 15 is 0 Å². The second-order valence-electron chi connectivity index (χ2n) is 14.7. The summed E-state index contributed by atoms with van der Waals surface area (Å²) in [7, 11) is 0. The highest BCUT2D eigenvalue weighted by molar-refractivity contribution is 5.82. The Balaban J connectivity index is 1.56. The predicted octanol–water partition coefficient (Wildman–Crippen LogP) is 8.31. The number of carbonyl (C=O) groups is 1. The summed E-state index contributed by atoms with van der Waals surface area (Å²) in [5, 5.41) is 0. The predicted molar refractivity (Wildman–Crippen MR) is 130 cm³/mol. The van der Waals surface area contributed by atoms with Crippen molar-refractivity contribution in [1.29, 1.82) is 0 Å². The highest BCUT2D eigenvalue weighted by atomic mass is 16.1. The maximum atomic E-state index is 12.7. The zero-order chi connectivity index (χ0) is 22.6. The molecule has 1 nitrogen and oxygen atoms in total. The molecule has 31 heavy (non-hydrogen) atoms. The van der Waals surface area contributed by atoms with Crippen LogP contribution in [0.15, 0.2) is 0 Å². The Bertz CT molecular complexity index is 770. The van der Waals surface area contributed by atoms with Crippen LogP contribution < -0.4 is 0 Å². The van der Waals surface area contributed by atoms with Gasteiger partial charge in [-0.05, 0) is 114 Å². The first-order valence-corrected chi connectivity index (χ1v) is 13.9. The third-order valence-corrected chi connectivity index (χ3v) is 14.0. The van der Waals surface area contributed by atoms with Gasteiger partial charge in [-0.25, -0.2) is 0 Å². The van der Waals surface area contributed by atoms with Gasteiger partial charge in [0.25, 0.3) is 0 Å². The van der Waals surface area contributed by atoms with Crippen molar-refractivity contribution in [3.63, 3.8) is 0 Å². The molecule has 5 aliphatic rings. The fourth-order valence-corrected chi connectivity index (χ4v) is 11.7. The second-order valence-corrected chi connectivity index (χ2v) is 14.7. The van der Waals surface area contributed by atoms with Gasteiger partial charge >= 0.3 is 0 Å². The summed E-state index contributed by atoms with van der Waals surface area (Å²) in [6.07, 6.45) is 13.2. The van der Waals surface area contributed by atoms with Crippen molar-refractivity contribution in [2.45, 2.75) is 120 Å². The summed E-state index contributed by atoms with van der Waals surface area (Å²) in [6.45, 7) is 20.8. The Labute approximate surface area is 192 Å². The molecule has 0 amide bonds. The van der Waals surface area contributed by atoms with Crippen molar-refractivity contribution in [2.24, 2.45) is 62.6 Å². The van der Waals surface area contributed by atoms with Crippen molar-refractivity contribution in [3.05, 3.63) is 0 Å². The number of carbonyl (C=O) groups excluding carboxylic acids is 1. The third kappa shape index (κ3) is 2.59. The van der Waals surface area contributed by atoms with Crippen LogP contribution in [0.5, 0.6) is 0 Å². The standard InChI is InChI=1S/C30H50O/c1-19-11-13-26(4)15-17-29(7)24-12-14-27(5)21(3)22(31)9-10-23(27)28(24,6)16-18-30(29,8)25(26)20(19)2/h19-21,23-25H,9-18H2,1-8H3/t19-,20+,21+,23-,24-,25-,26-,27-,28+,29-,30+/m1/s1. The molecule has 0 radical (unpaired) electrons. The Kier molecular flexibility index (Phi) is 4.80. The van der Waals surface area contributed by atoms with Crippen molar-refractivity contribution in [3.8, 4) is 0 Å². The van der Waals surface area contributed by atoms with E-state index in [0.717, 1.165) is 42.4 Å². The quantitative estimate of drug-likeness (QED) is 0.380. The van der Waals surface area contributed by atoms with E-state index in [1.807, 2.05) is 0 Å². The van der Waals surface area contributed by atoms with Crippen LogP contribution in [0.1, 0.15) is 120 Å². The van der Waals surface area contributed by atoms with Crippen molar-refractivity contribution in [2.75, 3.05) is 0 Å². The normalized spacial score (nSPS) is 61.6. The van der Waals surface area contributed by atoms with E-state index in [2.05, 4.69) is 55.4 Å². The fraction of sp³-hybridized carbons (Fsp3) is 0.967. The topological polar surface area (TPSA) is 17.1 Å². The number of hydrogen-bond donors (Lipinski definition) is 0. The largest absolute Gasteiger partial charge is 0.299 e. The average Bonchev–Trinajstić information content (AvgIpc) is 2.70. The third-order valence-electron chi connectivity index (χ3n) is 14.0. The monoisotopic (exact) mass is 426 g/mol. The minimum atomic E-state index is 0.237. The van der Waals surface area contributed by atoms with Gasteiger partial charge in [0, 0.05) is 12.3 Å². The SMILES string of the molecule is C[C@H]1[C@H](C)CC[C@]2(C)CC[C@]3(C)[C@@H]4CC[C@@]5(C)[C@@H](CCC(=O)[C@@H]5C)[C@]4(C)CC[C@@]3(C)[C@H]12. The minimum Gasteiger partial charge on any atom is -0.299 e. The molecule has 5 saturated carbocycles. The summed E-state index contributed by atoms with van der Waals surface area (Å²) in [5.41, 5.74) is 2.15. The highest BCUT2D eigenvalue weighted by Gasteiger charge is 2.71. The first kappa shape index (κ1) is 22.5. The molecule has 0 aromatic heterocycles. The molecule has 5 rings (SSSR count). The van der Waals surface area contributed by atoms with Crippen LogP contribution in [-0.4, -0.2) is 5.78 Å². The maximum absolute atomic E-state index is 12.7. The molecule has 0 aromatic carbocycles. The van der Waals surface area contributed by atoms with E-state index in [4.69, 9.17) is 0 Å². The Morgan fingerprint density at radius 1 is 0.677 bits per heavy atom. The number of ketones is 1. The van der Waals surface area contributed by atoms with Gasteiger partial charge in [0.2, 0.25) is 0 Å². The first-order valence-electron chi connectivity index (χ1n) is 13.9. The van der Waals surface area contributed by atoms with Gasteiger partial charge in [0.1, 0.15) is 5.78 Å². The molecule has 0 aliphatic heterocycles. The maximum Gasteiger partial charge on any atom is 0.136 e. The molecule has 176 valence electrons. The van der Waals surface area contributed by atoms with E-state index in [1.54, 1.807) is 0 Å². The molecule has 1 heteroatoms. The van der Waals surface area contributed by atoms with Gasteiger partial charge < -0.3 is 0 Å². The van der Waals surface area contributed by atoms with Crippen molar-refractivity contribution in [1.82, 2.24) is 0 Å². The molecular formula is C30H50O. The van der Waals surface area contributed by atoms with E-state index in [9.17, 15) is 4.79 Å². The van der Waals surface area contributed by atoms with E-state index in [0.29, 0.717) is 27.4 Å². The van der Waals surface area contributed by atoms with Crippen molar-refractivity contribution < 1.29 is 4.79 Å². The van der Waals surface area contributed by atoms with Crippen LogP contribution in [0.4, 0.5) is 0 Å². The molecule has 0 saturated heterocycles. The Hall–Kier alpha value is -0.330. The molecule has 0 unspecified atom stereocenters. The first-order chi connectivity index (χ1) is 14.3. The van der Waals surface area contributed by atoms with Gasteiger partial charge in [0.15, 0.2) is 0 Å². The van der Waals surface area contributed by atoms with Gasteiger partial charge in [0.05, 0.1) is 0 Å². The molecule has 0 spiro atoms. The lowest BCUT2D eigenvalue weighted by molar-refractivity contribution is -0.262. The number of fused-ring (bicyclic) bond motifs is 7. The lowest BCUT2D eigenvalue weighted by Crippen LogP contribution is -2.68. The molecular weight excluding hydrogens is 376 g/mol. The van der Waals surface area contributed by atoms with Crippen LogP contribution >= 0.6 is 0 Å². The minimum absolute atomic E-state index is 0.237. The van der Waals surface area contributed by atoms with Crippen LogP contribution in [0.2, 0.25) is 0 Å². The lowest BCUT2D eigenvalue weighted by Gasteiger charge is -2.75. The number of hydrogen-bond acceptors (Lipinski definition) is 1. The van der Waals surface area contributed by atoms with Crippen LogP contribution in [-0.2, 0) is 4.79 Å². The zero-order valence-corrected chi connectivity index (χ0v) is 21.9. The van der Waals surface area contributed by atoms with Crippen LogP contribution in [0.3, 0.4) is 0 Å². The van der Waals surface area contributed by atoms with E-state index in [-0.39, 0.29) is 11.3 Å². The molecule has 0 heterocycles. The van der Waals surface area contributed by atoms with Gasteiger partial charge in [-0.1, -0.05) is 55.4 Å². The molecule has 0 N–H and O–H groups in total. The Morgan fingerprint density at radius 2 is 1.35 bits per heavy atom. The van der Waals surface area contributed by atoms with Gasteiger partial charge in [-0.15, -0.1) is 0 Å². The molecule has 5 aliphatic carbocycles. The zero-order valence-electron chi connectivity index (χ0n) is 21.9. The highest BCUT2D eigenvalue weighted by Crippen LogP contribution is 2.78. The van der Waals surface area contributed by atoms with E-state index in [1.165, 1.54) is 51.4 Å². The fourth-order valence-electron chi connectivity index (χ4n) is 11.7. The Morgan fingerprint density at radius 3 is 2.06 bits per heavy atom. The molecule has 0 bridgehead atoms. The van der Waals surface area contributed by atoms with Gasteiger partial charge in [-0.3, -0.25) is 4.79 Å². The van der Waals surface area contributed by atoms with Crippen molar-refractivity contribution >= 4 is 5.78 Å². The summed E-state index contributed by atoms with van der Waals surface area (Å²) in [4.78, 5) is 12.7. The summed E-state index contributed by atoms with van der Waals surface area (Å²) < 4.78 is 0. The molecule has 11 atom stereocenters. The summed E-state index contributed by atoms with van der Waals surface area (Å²) >= 11 is 0. The number of rotatable bonds is 0. The summed E-state index contributed by atoms with van der Waals surface area (Å²) in [5.74, 6) is 5.01. The van der Waals surface area contributed by atoms with Gasteiger partial charge in [-0.2, -0.15) is 0 Å². The molecule has 5 fully saturated rings. The van der Waals surface area contributed by atoms with Crippen LogP contribution in [0, 0.1) is 62.6 Å².